The summed E-state index contributed by atoms with van der Waals surface area (Å²) in [7, 11) is 0. The molecule has 1 saturated heterocycles. The van der Waals surface area contributed by atoms with Gasteiger partial charge in [-0.25, -0.2) is 9.37 Å². The van der Waals surface area contributed by atoms with Gasteiger partial charge in [0, 0.05) is 37.3 Å². The van der Waals surface area contributed by atoms with Crippen LogP contribution in [-0.4, -0.2) is 57.1 Å². The van der Waals surface area contributed by atoms with Gasteiger partial charge in [-0.2, -0.15) is 4.52 Å². The molecule has 0 aliphatic carbocycles. The molecule has 0 atom stereocenters. The third kappa shape index (κ3) is 4.45. The molecule has 1 N–H and O–H groups in total. The molecule has 33 heavy (non-hydrogen) atoms. The highest BCUT2D eigenvalue weighted by Crippen LogP contribution is 2.35. The Morgan fingerprint density at radius 3 is 2.58 bits per heavy atom. The number of hydrogen-bond acceptors (Lipinski definition) is 7. The van der Waals surface area contributed by atoms with E-state index in [9.17, 15) is 9.18 Å². The first kappa shape index (κ1) is 21.8. The maximum Gasteiger partial charge on any atom is 0.264 e. The quantitative estimate of drug-likeness (QED) is 0.449. The van der Waals surface area contributed by atoms with Crippen molar-refractivity contribution in [3.63, 3.8) is 0 Å². The Morgan fingerprint density at radius 1 is 1.12 bits per heavy atom. The SMILES string of the molecule is CC(C)(C)Nc1c(-c2cccc(F)c2)nc2sc(N3CCN(C(=O)c4cccs4)CC3)nn12. The Bertz CT molecular complexity index is 1280. The van der Waals surface area contributed by atoms with Crippen molar-refractivity contribution in [1.82, 2.24) is 19.5 Å². The number of benzene rings is 1. The molecule has 1 aromatic carbocycles. The number of piperazine rings is 1. The lowest BCUT2D eigenvalue weighted by Crippen LogP contribution is -2.48. The van der Waals surface area contributed by atoms with Gasteiger partial charge >= 0.3 is 0 Å². The monoisotopic (exact) mass is 484 g/mol. The first-order chi connectivity index (χ1) is 15.8. The van der Waals surface area contributed by atoms with Gasteiger partial charge in [0.05, 0.1) is 4.88 Å². The topological polar surface area (TPSA) is 65.8 Å². The van der Waals surface area contributed by atoms with Gasteiger partial charge in [-0.1, -0.05) is 29.5 Å². The molecule has 0 unspecified atom stereocenters. The smallest absolute Gasteiger partial charge is 0.264 e. The molecule has 0 saturated carbocycles. The molecule has 5 rings (SSSR count). The van der Waals surface area contributed by atoms with E-state index in [0.717, 1.165) is 20.8 Å². The van der Waals surface area contributed by atoms with E-state index in [1.165, 1.54) is 34.8 Å². The van der Waals surface area contributed by atoms with Crippen LogP contribution in [0.1, 0.15) is 30.4 Å². The number of fused-ring (bicyclic) bond motifs is 1. The van der Waals surface area contributed by atoms with Crippen LogP contribution in [0.2, 0.25) is 0 Å². The van der Waals surface area contributed by atoms with Gasteiger partial charge in [0.1, 0.15) is 11.5 Å². The second-order valence-corrected chi connectivity index (χ2v) is 10.9. The fourth-order valence-corrected chi connectivity index (χ4v) is 5.47. The van der Waals surface area contributed by atoms with Crippen molar-refractivity contribution >= 4 is 44.5 Å². The summed E-state index contributed by atoms with van der Waals surface area (Å²) >= 11 is 2.98. The van der Waals surface area contributed by atoms with Crippen LogP contribution in [0.15, 0.2) is 41.8 Å². The molecule has 1 aliphatic rings. The lowest BCUT2D eigenvalue weighted by molar-refractivity contribution is 0.0751. The molecular weight excluding hydrogens is 459 g/mol. The minimum Gasteiger partial charge on any atom is -0.364 e. The predicted molar refractivity (Wildman–Crippen MR) is 132 cm³/mol. The Hall–Kier alpha value is -2.98. The van der Waals surface area contributed by atoms with Crippen molar-refractivity contribution in [1.29, 1.82) is 0 Å². The number of aromatic nitrogens is 3. The fourth-order valence-electron chi connectivity index (χ4n) is 3.83. The molecular formula is C23H25FN6OS2. The number of carbonyl (C=O) groups excluding carboxylic acids is 1. The van der Waals surface area contributed by atoms with Crippen LogP contribution >= 0.6 is 22.7 Å². The highest BCUT2D eigenvalue weighted by molar-refractivity contribution is 7.20. The molecule has 172 valence electrons. The zero-order valence-corrected chi connectivity index (χ0v) is 20.3. The minimum atomic E-state index is -0.297. The number of nitrogens with zero attached hydrogens (tertiary/aromatic N) is 5. The lowest BCUT2D eigenvalue weighted by atomic mass is 10.1. The van der Waals surface area contributed by atoms with Crippen LogP contribution < -0.4 is 10.2 Å². The zero-order chi connectivity index (χ0) is 23.2. The van der Waals surface area contributed by atoms with Crippen molar-refractivity contribution in [3.8, 4) is 11.3 Å². The Kier molecular flexibility index (Phi) is 5.57. The van der Waals surface area contributed by atoms with Crippen LogP contribution in [0.4, 0.5) is 15.3 Å². The van der Waals surface area contributed by atoms with Gasteiger partial charge in [0.15, 0.2) is 5.82 Å². The van der Waals surface area contributed by atoms with E-state index in [0.29, 0.717) is 37.4 Å². The Balaban J connectivity index is 1.41. The van der Waals surface area contributed by atoms with E-state index >= 15 is 0 Å². The van der Waals surface area contributed by atoms with Crippen molar-refractivity contribution < 1.29 is 9.18 Å². The highest BCUT2D eigenvalue weighted by atomic mass is 32.1. The number of thiophene rings is 1. The summed E-state index contributed by atoms with van der Waals surface area (Å²) in [5.74, 6) is 0.543. The summed E-state index contributed by atoms with van der Waals surface area (Å²) < 4.78 is 15.7. The largest absolute Gasteiger partial charge is 0.364 e. The summed E-state index contributed by atoms with van der Waals surface area (Å²) in [4.78, 5) is 23.0. The first-order valence-corrected chi connectivity index (χ1v) is 12.5. The molecule has 7 nitrogen and oxygen atoms in total. The van der Waals surface area contributed by atoms with Crippen molar-refractivity contribution in [2.75, 3.05) is 36.4 Å². The summed E-state index contributed by atoms with van der Waals surface area (Å²) in [5, 5.41) is 11.1. The number of nitrogens with one attached hydrogen (secondary N) is 1. The van der Waals surface area contributed by atoms with Crippen LogP contribution in [-0.2, 0) is 0 Å². The molecule has 1 amide bonds. The average molecular weight is 485 g/mol. The van der Waals surface area contributed by atoms with Crippen molar-refractivity contribution in [3.05, 3.63) is 52.5 Å². The van der Waals surface area contributed by atoms with E-state index in [1.54, 1.807) is 6.07 Å². The molecule has 0 bridgehead atoms. The number of hydrogen-bond donors (Lipinski definition) is 1. The summed E-state index contributed by atoms with van der Waals surface area (Å²) in [5.41, 5.74) is 1.16. The van der Waals surface area contributed by atoms with Gasteiger partial charge in [-0.3, -0.25) is 4.79 Å². The molecule has 1 aliphatic heterocycles. The fraction of sp³-hybridized carbons (Fsp3) is 0.348. The number of halogens is 1. The molecule has 1 fully saturated rings. The third-order valence-electron chi connectivity index (χ3n) is 5.35. The molecule has 0 radical (unpaired) electrons. The van der Waals surface area contributed by atoms with E-state index in [1.807, 2.05) is 33.0 Å². The van der Waals surface area contributed by atoms with E-state index in [2.05, 4.69) is 31.0 Å². The average Bonchev–Trinajstić information content (AvgIpc) is 3.50. The van der Waals surface area contributed by atoms with Gasteiger partial charge in [0.25, 0.3) is 5.91 Å². The van der Waals surface area contributed by atoms with Crippen LogP contribution in [0.5, 0.6) is 0 Å². The second kappa shape index (κ2) is 8.42. The summed E-state index contributed by atoms with van der Waals surface area (Å²) in [6, 6.07) is 10.2. The van der Waals surface area contributed by atoms with Gasteiger partial charge in [-0.15, -0.1) is 16.4 Å². The van der Waals surface area contributed by atoms with Gasteiger partial charge in [-0.05, 0) is 44.4 Å². The lowest BCUT2D eigenvalue weighted by Gasteiger charge is -2.34. The van der Waals surface area contributed by atoms with E-state index in [-0.39, 0.29) is 17.3 Å². The maximum absolute atomic E-state index is 13.9. The second-order valence-electron chi connectivity index (χ2n) is 9.03. The molecule has 4 aromatic rings. The maximum atomic E-state index is 13.9. The van der Waals surface area contributed by atoms with Crippen molar-refractivity contribution in [2.24, 2.45) is 0 Å². The predicted octanol–water partition coefficient (Wildman–Crippen LogP) is 4.83. The van der Waals surface area contributed by atoms with Crippen LogP contribution in [0, 0.1) is 5.82 Å². The number of rotatable bonds is 4. The van der Waals surface area contributed by atoms with Gasteiger partial charge in [0.2, 0.25) is 10.1 Å². The standard InChI is InChI=1S/C23H25FN6OS2/c1-23(2,3)26-19-18(15-6-4-7-16(24)14-15)25-21-30(19)27-22(33-21)29-11-9-28(10-12-29)20(31)17-8-5-13-32-17/h4-8,13-14,26H,9-12H2,1-3H3. The van der Waals surface area contributed by atoms with E-state index in [4.69, 9.17) is 10.1 Å². The minimum absolute atomic E-state index is 0.0926. The van der Waals surface area contributed by atoms with Crippen LogP contribution in [0.25, 0.3) is 16.2 Å². The van der Waals surface area contributed by atoms with Gasteiger partial charge < -0.3 is 15.1 Å². The third-order valence-corrected chi connectivity index (χ3v) is 7.18. The Labute approximate surface area is 199 Å². The molecule has 0 spiro atoms. The number of imidazole rings is 1. The van der Waals surface area contributed by atoms with Crippen molar-refractivity contribution in [2.45, 2.75) is 26.3 Å². The highest BCUT2D eigenvalue weighted by Gasteiger charge is 2.27. The number of amides is 1. The zero-order valence-electron chi connectivity index (χ0n) is 18.7. The van der Waals surface area contributed by atoms with E-state index < -0.39 is 0 Å². The summed E-state index contributed by atoms with van der Waals surface area (Å²) in [6.07, 6.45) is 0. The number of carbonyl (C=O) groups is 1. The Morgan fingerprint density at radius 2 is 1.91 bits per heavy atom. The number of anilines is 2. The summed E-state index contributed by atoms with van der Waals surface area (Å²) in [6.45, 7) is 8.94. The first-order valence-electron chi connectivity index (χ1n) is 10.8. The molecule has 4 heterocycles. The molecule has 3 aromatic heterocycles. The normalized spacial score (nSPS) is 14.8. The molecule has 10 heteroatoms. The van der Waals surface area contributed by atoms with Crippen LogP contribution in [0.3, 0.4) is 0 Å².